The first-order chi connectivity index (χ1) is 19.5. The lowest BCUT2D eigenvalue weighted by molar-refractivity contribution is -0.140. The van der Waals surface area contributed by atoms with E-state index in [1.807, 2.05) is 30.3 Å². The predicted molar refractivity (Wildman–Crippen MR) is 160 cm³/mol. The topological polar surface area (TPSA) is 86.8 Å². The molecular formula is C30H32Cl2FN3O4S. The molecule has 1 N–H and O–H groups in total. The number of hydrogen-bond donors (Lipinski definition) is 1. The van der Waals surface area contributed by atoms with Crippen molar-refractivity contribution in [3.63, 3.8) is 0 Å². The first kappa shape index (κ1) is 30.8. The van der Waals surface area contributed by atoms with E-state index in [4.69, 9.17) is 23.2 Å². The van der Waals surface area contributed by atoms with Crippen LogP contribution in [0.15, 0.2) is 72.8 Å². The molecule has 0 unspecified atom stereocenters. The van der Waals surface area contributed by atoms with Crippen molar-refractivity contribution in [2.75, 3.05) is 17.1 Å². The molecule has 11 heteroatoms. The number of nitrogens with one attached hydrogen (secondary N) is 1. The Kier molecular flexibility index (Phi) is 10.3. The van der Waals surface area contributed by atoms with E-state index >= 15 is 0 Å². The van der Waals surface area contributed by atoms with Crippen molar-refractivity contribution < 1.29 is 22.4 Å². The lowest BCUT2D eigenvalue weighted by Crippen LogP contribution is -2.54. The first-order valence-corrected chi connectivity index (χ1v) is 15.9. The number of amides is 2. The molecule has 1 aliphatic carbocycles. The molecule has 0 spiro atoms. The standard InChI is InChI=1S/C30H32Cl2FN3O4S/c1-41(39,40)36(26-17-9-15-24(31)29(26)32)20-28(37)35(19-22-12-5-8-16-25(22)33)27(18-21-10-3-2-4-11-21)30(38)34-23-13-6-7-14-23/h2-5,8-12,15-17,23,27H,6-7,13-14,18-20H2,1H3,(H,34,38)/t27-/m1/s1. The Bertz CT molecular complexity index is 1480. The lowest BCUT2D eigenvalue weighted by Gasteiger charge is -2.34. The van der Waals surface area contributed by atoms with Gasteiger partial charge in [-0.15, -0.1) is 0 Å². The molecule has 218 valence electrons. The zero-order chi connectivity index (χ0) is 29.6. The molecule has 3 aromatic carbocycles. The SMILES string of the molecule is CS(=O)(=O)N(CC(=O)N(Cc1ccccc1F)[C@H](Cc1ccccc1)C(=O)NC1CCCC1)c1cccc(Cl)c1Cl. The van der Waals surface area contributed by atoms with E-state index in [9.17, 15) is 22.4 Å². The predicted octanol–water partition coefficient (Wildman–Crippen LogP) is 5.60. The molecule has 2 amide bonds. The number of sulfonamides is 1. The quantitative estimate of drug-likeness (QED) is 0.303. The summed E-state index contributed by atoms with van der Waals surface area (Å²) >= 11 is 12.5. The monoisotopic (exact) mass is 619 g/mol. The molecule has 0 heterocycles. The molecule has 3 aromatic rings. The maximum absolute atomic E-state index is 14.9. The minimum absolute atomic E-state index is 0.0240. The Hall–Kier alpha value is -3.14. The Balaban J connectivity index is 1.75. The lowest BCUT2D eigenvalue weighted by atomic mass is 10.0. The Labute approximate surface area is 250 Å². The summed E-state index contributed by atoms with van der Waals surface area (Å²) in [6, 6.07) is 18.6. The van der Waals surface area contributed by atoms with E-state index in [0.717, 1.165) is 41.8 Å². The van der Waals surface area contributed by atoms with E-state index in [1.165, 1.54) is 41.3 Å². The van der Waals surface area contributed by atoms with E-state index in [-0.39, 0.29) is 46.2 Å². The minimum Gasteiger partial charge on any atom is -0.352 e. The summed E-state index contributed by atoms with van der Waals surface area (Å²) in [6.07, 6.45) is 4.76. The van der Waals surface area contributed by atoms with Gasteiger partial charge in [0.25, 0.3) is 0 Å². The van der Waals surface area contributed by atoms with Gasteiger partial charge in [0.15, 0.2) is 0 Å². The van der Waals surface area contributed by atoms with Crippen molar-refractivity contribution in [1.82, 2.24) is 10.2 Å². The van der Waals surface area contributed by atoms with Gasteiger partial charge in [-0.1, -0.05) is 90.6 Å². The van der Waals surface area contributed by atoms with Gasteiger partial charge >= 0.3 is 0 Å². The normalized spacial score (nSPS) is 14.4. The highest BCUT2D eigenvalue weighted by atomic mass is 35.5. The van der Waals surface area contributed by atoms with Crippen molar-refractivity contribution in [1.29, 1.82) is 0 Å². The van der Waals surface area contributed by atoms with Crippen molar-refractivity contribution in [2.24, 2.45) is 0 Å². The van der Waals surface area contributed by atoms with Crippen LogP contribution in [0.4, 0.5) is 10.1 Å². The van der Waals surface area contributed by atoms with Crippen molar-refractivity contribution in [3.8, 4) is 0 Å². The van der Waals surface area contributed by atoms with Gasteiger partial charge in [0.05, 0.1) is 22.0 Å². The van der Waals surface area contributed by atoms with Crippen LogP contribution in [-0.2, 0) is 32.6 Å². The Morgan fingerprint density at radius 1 is 0.976 bits per heavy atom. The second kappa shape index (κ2) is 13.7. The van der Waals surface area contributed by atoms with Gasteiger partial charge in [-0.25, -0.2) is 12.8 Å². The van der Waals surface area contributed by atoms with Gasteiger partial charge in [0.1, 0.15) is 18.4 Å². The van der Waals surface area contributed by atoms with Crippen molar-refractivity contribution in [3.05, 3.63) is 99.8 Å². The van der Waals surface area contributed by atoms with E-state index in [2.05, 4.69) is 5.32 Å². The number of anilines is 1. The van der Waals surface area contributed by atoms with Gasteiger partial charge < -0.3 is 10.2 Å². The van der Waals surface area contributed by atoms with Crippen LogP contribution in [0, 0.1) is 5.82 Å². The number of nitrogens with zero attached hydrogens (tertiary/aromatic N) is 2. The van der Waals surface area contributed by atoms with E-state index in [0.29, 0.717) is 0 Å². The van der Waals surface area contributed by atoms with Crippen LogP contribution in [0.1, 0.15) is 36.8 Å². The molecule has 1 atom stereocenters. The summed E-state index contributed by atoms with van der Waals surface area (Å²) in [5.74, 6) is -1.62. The number of rotatable bonds is 11. The average Bonchev–Trinajstić information content (AvgIpc) is 3.45. The minimum atomic E-state index is -4.02. The third-order valence-electron chi connectivity index (χ3n) is 7.15. The van der Waals surface area contributed by atoms with Crippen LogP contribution in [0.2, 0.25) is 10.0 Å². The summed E-state index contributed by atoms with van der Waals surface area (Å²) in [7, 11) is -4.02. The maximum Gasteiger partial charge on any atom is 0.244 e. The smallest absolute Gasteiger partial charge is 0.244 e. The van der Waals surface area contributed by atoms with Gasteiger partial charge in [0, 0.05) is 24.6 Å². The summed E-state index contributed by atoms with van der Waals surface area (Å²) in [6.45, 7) is -0.919. The first-order valence-electron chi connectivity index (χ1n) is 13.3. The molecule has 0 saturated heterocycles. The zero-order valence-corrected chi connectivity index (χ0v) is 24.9. The fourth-order valence-corrected chi connectivity index (χ4v) is 6.31. The largest absolute Gasteiger partial charge is 0.352 e. The molecule has 1 aliphatic rings. The van der Waals surface area contributed by atoms with Gasteiger partial charge in [-0.3, -0.25) is 13.9 Å². The molecular weight excluding hydrogens is 588 g/mol. The number of carbonyl (C=O) groups excluding carboxylic acids is 2. The third-order valence-corrected chi connectivity index (χ3v) is 9.09. The maximum atomic E-state index is 14.9. The average molecular weight is 621 g/mol. The molecule has 1 fully saturated rings. The number of halogens is 3. The summed E-state index contributed by atoms with van der Waals surface area (Å²) in [4.78, 5) is 29.2. The fourth-order valence-electron chi connectivity index (χ4n) is 5.01. The highest BCUT2D eigenvalue weighted by Gasteiger charge is 2.35. The Morgan fingerprint density at radius 2 is 1.63 bits per heavy atom. The van der Waals surface area contributed by atoms with Crippen LogP contribution in [0.5, 0.6) is 0 Å². The van der Waals surface area contributed by atoms with Crippen molar-refractivity contribution in [2.45, 2.75) is 50.7 Å². The highest BCUT2D eigenvalue weighted by Crippen LogP contribution is 2.34. The van der Waals surface area contributed by atoms with E-state index in [1.54, 1.807) is 6.07 Å². The fraction of sp³-hybridized carbons (Fsp3) is 0.333. The molecule has 7 nitrogen and oxygen atoms in total. The zero-order valence-electron chi connectivity index (χ0n) is 22.6. The van der Waals surface area contributed by atoms with Crippen LogP contribution in [-0.4, -0.2) is 50.0 Å². The molecule has 41 heavy (non-hydrogen) atoms. The molecule has 0 aromatic heterocycles. The highest BCUT2D eigenvalue weighted by molar-refractivity contribution is 7.92. The third kappa shape index (κ3) is 7.99. The molecule has 0 bridgehead atoms. The van der Waals surface area contributed by atoms with Crippen LogP contribution in [0.25, 0.3) is 0 Å². The van der Waals surface area contributed by atoms with E-state index < -0.39 is 34.3 Å². The molecule has 0 radical (unpaired) electrons. The second-order valence-corrected chi connectivity index (χ2v) is 12.8. The summed E-state index contributed by atoms with van der Waals surface area (Å²) in [5.41, 5.74) is 1.01. The van der Waals surface area contributed by atoms with Crippen LogP contribution < -0.4 is 9.62 Å². The molecule has 1 saturated carbocycles. The second-order valence-electron chi connectivity index (χ2n) is 10.2. The van der Waals surface area contributed by atoms with Gasteiger partial charge in [-0.05, 0) is 36.6 Å². The number of hydrogen-bond acceptors (Lipinski definition) is 4. The summed E-state index contributed by atoms with van der Waals surface area (Å²) < 4.78 is 41.5. The van der Waals surface area contributed by atoms with Crippen LogP contribution >= 0.6 is 23.2 Å². The molecule has 0 aliphatic heterocycles. The number of benzene rings is 3. The number of carbonyl (C=O) groups is 2. The van der Waals surface area contributed by atoms with Gasteiger partial charge in [0.2, 0.25) is 21.8 Å². The summed E-state index contributed by atoms with van der Waals surface area (Å²) in [5, 5.41) is 3.15. The van der Waals surface area contributed by atoms with Gasteiger partial charge in [-0.2, -0.15) is 0 Å². The molecule has 4 rings (SSSR count). The Morgan fingerprint density at radius 3 is 2.29 bits per heavy atom. The van der Waals surface area contributed by atoms with Crippen molar-refractivity contribution >= 4 is 50.7 Å². The van der Waals surface area contributed by atoms with Crippen LogP contribution in [0.3, 0.4) is 0 Å².